The zero-order valence-electron chi connectivity index (χ0n) is 22.2. The Morgan fingerprint density at radius 3 is 2.16 bits per heavy atom. The van der Waals surface area contributed by atoms with E-state index in [-0.39, 0.29) is 13.0 Å². The highest BCUT2D eigenvalue weighted by Crippen LogP contribution is 2.15. The van der Waals surface area contributed by atoms with Crippen LogP contribution in [0.2, 0.25) is 5.02 Å². The lowest BCUT2D eigenvalue weighted by atomic mass is 10.1. The number of hydrogen-bond donors (Lipinski definition) is 6. The standard InChI is InChI=1S/C19H27ClN2O6.C6H14N2O2/c1-19(2,3)28-17(25)21-11-7-6-10-15(16(23)24)22-18(26)27-12-13-8-4-5-9-14(13)20;7-4-2-1-3-5(8)6(9)10/h4-5,8-9,15H,6-7,10-12H2,1-3H3,(H,21,25)(H,22,26)(H,23,24);5H,1-4,7-8H2,(H,9,10)/t15-;5-/m00/s1. The summed E-state index contributed by atoms with van der Waals surface area (Å²) in [4.78, 5) is 44.8. The summed E-state index contributed by atoms with van der Waals surface area (Å²) in [5, 5.41) is 22.9. The normalized spacial score (nSPS) is 12.3. The molecule has 13 heteroatoms. The van der Waals surface area contributed by atoms with E-state index in [0.29, 0.717) is 42.9 Å². The highest BCUT2D eigenvalue weighted by Gasteiger charge is 2.21. The summed E-state index contributed by atoms with van der Waals surface area (Å²) >= 11 is 5.98. The fourth-order valence-electron chi connectivity index (χ4n) is 2.81. The zero-order valence-corrected chi connectivity index (χ0v) is 23.0. The summed E-state index contributed by atoms with van der Waals surface area (Å²) in [6.07, 6.45) is 2.03. The summed E-state index contributed by atoms with van der Waals surface area (Å²) in [6, 6.07) is 5.09. The lowest BCUT2D eigenvalue weighted by molar-refractivity contribution is -0.140. The summed E-state index contributed by atoms with van der Waals surface area (Å²) in [5.74, 6) is -2.09. The van der Waals surface area contributed by atoms with Gasteiger partial charge in [-0.25, -0.2) is 14.4 Å². The predicted octanol–water partition coefficient (Wildman–Crippen LogP) is 3.24. The van der Waals surface area contributed by atoms with E-state index in [1.54, 1.807) is 45.0 Å². The molecule has 0 aliphatic heterocycles. The summed E-state index contributed by atoms with van der Waals surface area (Å²) in [6.45, 7) is 6.18. The fraction of sp³-hybridized carbons (Fsp3) is 0.600. The third kappa shape index (κ3) is 18.2. The molecule has 0 spiro atoms. The lowest BCUT2D eigenvalue weighted by Crippen LogP contribution is -2.41. The molecule has 1 aromatic carbocycles. The number of alkyl carbamates (subject to hydrolysis) is 2. The number of carboxylic acids is 2. The molecule has 2 amide bonds. The third-order valence-electron chi connectivity index (χ3n) is 4.78. The second-order valence-electron chi connectivity index (χ2n) is 9.36. The topological polar surface area (TPSA) is 203 Å². The number of unbranched alkanes of at least 4 members (excludes halogenated alkanes) is 2. The van der Waals surface area contributed by atoms with Crippen LogP contribution in [0.1, 0.15) is 64.9 Å². The van der Waals surface area contributed by atoms with E-state index in [1.165, 1.54) is 0 Å². The monoisotopic (exact) mass is 560 g/mol. The van der Waals surface area contributed by atoms with Crippen LogP contribution in [0, 0.1) is 0 Å². The summed E-state index contributed by atoms with van der Waals surface area (Å²) in [5.41, 5.74) is 10.5. The molecule has 1 aromatic rings. The van der Waals surface area contributed by atoms with Crippen molar-refractivity contribution in [2.75, 3.05) is 13.1 Å². The van der Waals surface area contributed by atoms with Gasteiger partial charge in [0.2, 0.25) is 0 Å². The zero-order chi connectivity index (χ0) is 29.1. The van der Waals surface area contributed by atoms with Crippen molar-refractivity contribution in [1.29, 1.82) is 0 Å². The number of carbonyl (C=O) groups excluding carboxylic acids is 2. The Morgan fingerprint density at radius 2 is 1.61 bits per heavy atom. The molecule has 12 nitrogen and oxygen atoms in total. The highest BCUT2D eigenvalue weighted by atomic mass is 35.5. The predicted molar refractivity (Wildman–Crippen MR) is 143 cm³/mol. The molecule has 0 saturated carbocycles. The number of benzene rings is 1. The van der Waals surface area contributed by atoms with Crippen LogP contribution in [0.15, 0.2) is 24.3 Å². The number of amides is 2. The first-order valence-corrected chi connectivity index (χ1v) is 12.7. The van der Waals surface area contributed by atoms with E-state index in [0.717, 1.165) is 12.8 Å². The number of nitrogens with one attached hydrogen (secondary N) is 2. The molecular formula is C25H41ClN4O8. The number of hydrogen-bond acceptors (Lipinski definition) is 8. The SMILES string of the molecule is CC(C)(C)OC(=O)NCCCC[C@H](NC(=O)OCc1ccccc1Cl)C(=O)O.NCCCC[C@H](N)C(=O)O. The molecule has 0 unspecified atom stereocenters. The molecule has 216 valence electrons. The van der Waals surface area contributed by atoms with Crippen molar-refractivity contribution >= 4 is 35.7 Å². The molecule has 38 heavy (non-hydrogen) atoms. The van der Waals surface area contributed by atoms with Crippen molar-refractivity contribution in [3.63, 3.8) is 0 Å². The smallest absolute Gasteiger partial charge is 0.408 e. The maximum Gasteiger partial charge on any atom is 0.408 e. The quantitative estimate of drug-likeness (QED) is 0.183. The van der Waals surface area contributed by atoms with E-state index >= 15 is 0 Å². The third-order valence-corrected chi connectivity index (χ3v) is 5.15. The fourth-order valence-corrected chi connectivity index (χ4v) is 3.00. The number of aliphatic carboxylic acids is 2. The molecule has 0 aromatic heterocycles. The van der Waals surface area contributed by atoms with Crippen LogP contribution in [0.3, 0.4) is 0 Å². The van der Waals surface area contributed by atoms with Gasteiger partial charge in [-0.15, -0.1) is 0 Å². The first-order chi connectivity index (χ1) is 17.8. The number of ether oxygens (including phenoxy) is 2. The minimum absolute atomic E-state index is 0.0579. The van der Waals surface area contributed by atoms with E-state index in [2.05, 4.69) is 10.6 Å². The Labute approximate surface area is 228 Å². The van der Waals surface area contributed by atoms with Crippen molar-refractivity contribution < 1.29 is 38.9 Å². The van der Waals surface area contributed by atoms with Crippen molar-refractivity contribution in [2.24, 2.45) is 11.5 Å². The Kier molecular flexibility index (Phi) is 17.5. The molecule has 0 heterocycles. The van der Waals surface area contributed by atoms with Gasteiger partial charge in [0.25, 0.3) is 0 Å². The molecular weight excluding hydrogens is 520 g/mol. The van der Waals surface area contributed by atoms with Crippen LogP contribution >= 0.6 is 11.6 Å². The summed E-state index contributed by atoms with van der Waals surface area (Å²) in [7, 11) is 0. The molecule has 0 aliphatic carbocycles. The van der Waals surface area contributed by atoms with E-state index < -0.39 is 41.8 Å². The molecule has 0 fully saturated rings. The van der Waals surface area contributed by atoms with Crippen LogP contribution < -0.4 is 22.1 Å². The van der Waals surface area contributed by atoms with Gasteiger partial charge in [0, 0.05) is 17.1 Å². The maximum atomic E-state index is 11.8. The minimum atomic E-state index is -1.16. The highest BCUT2D eigenvalue weighted by molar-refractivity contribution is 6.31. The Hall–Kier alpha value is -3.09. The summed E-state index contributed by atoms with van der Waals surface area (Å²) < 4.78 is 10.1. The number of carbonyl (C=O) groups is 4. The van der Waals surface area contributed by atoms with Crippen LogP contribution in [0.25, 0.3) is 0 Å². The molecule has 0 radical (unpaired) electrons. The minimum Gasteiger partial charge on any atom is -0.480 e. The van der Waals surface area contributed by atoms with E-state index in [9.17, 15) is 24.3 Å². The first kappa shape index (κ1) is 34.9. The van der Waals surface area contributed by atoms with Crippen molar-refractivity contribution in [2.45, 2.75) is 83.6 Å². The molecule has 0 aliphatic rings. The van der Waals surface area contributed by atoms with E-state index in [4.69, 9.17) is 37.6 Å². The molecule has 1 rings (SSSR count). The lowest BCUT2D eigenvalue weighted by Gasteiger charge is -2.19. The van der Waals surface area contributed by atoms with E-state index in [1.807, 2.05) is 0 Å². The van der Waals surface area contributed by atoms with Gasteiger partial charge in [-0.3, -0.25) is 4.79 Å². The molecule has 8 N–H and O–H groups in total. The second-order valence-corrected chi connectivity index (χ2v) is 9.76. The van der Waals surface area contributed by atoms with Gasteiger partial charge in [-0.1, -0.05) is 36.2 Å². The molecule has 0 bridgehead atoms. The van der Waals surface area contributed by atoms with Crippen LogP contribution in [0.4, 0.5) is 9.59 Å². The second kappa shape index (κ2) is 19.0. The first-order valence-electron chi connectivity index (χ1n) is 12.3. The molecule has 2 atom stereocenters. The number of rotatable bonds is 14. The van der Waals surface area contributed by atoms with Crippen LogP contribution in [-0.4, -0.2) is 65.1 Å². The van der Waals surface area contributed by atoms with Crippen LogP contribution in [-0.2, 0) is 25.7 Å². The Bertz CT molecular complexity index is 879. The maximum absolute atomic E-state index is 11.8. The van der Waals surface area contributed by atoms with Crippen LogP contribution in [0.5, 0.6) is 0 Å². The average molecular weight is 561 g/mol. The Balaban J connectivity index is 0.00000115. The van der Waals surface area contributed by atoms with Gasteiger partial charge < -0.3 is 41.8 Å². The van der Waals surface area contributed by atoms with Gasteiger partial charge in [0.1, 0.15) is 24.3 Å². The number of carboxylic acid groups (broad SMARTS) is 2. The number of halogens is 1. The van der Waals surface area contributed by atoms with Crippen molar-refractivity contribution in [3.05, 3.63) is 34.9 Å². The largest absolute Gasteiger partial charge is 0.480 e. The number of nitrogens with two attached hydrogens (primary N) is 2. The van der Waals surface area contributed by atoms with Crippen molar-refractivity contribution in [3.8, 4) is 0 Å². The van der Waals surface area contributed by atoms with Gasteiger partial charge in [-0.05, 0) is 65.5 Å². The average Bonchev–Trinajstić information content (AvgIpc) is 2.81. The van der Waals surface area contributed by atoms with Gasteiger partial charge in [0.15, 0.2) is 0 Å². The van der Waals surface area contributed by atoms with Gasteiger partial charge >= 0.3 is 24.1 Å². The van der Waals surface area contributed by atoms with Gasteiger partial charge in [0.05, 0.1) is 0 Å². The van der Waals surface area contributed by atoms with Gasteiger partial charge in [-0.2, -0.15) is 0 Å². The van der Waals surface area contributed by atoms with Crippen molar-refractivity contribution in [1.82, 2.24) is 10.6 Å². The molecule has 0 saturated heterocycles. The Morgan fingerprint density at radius 1 is 0.974 bits per heavy atom.